The van der Waals surface area contributed by atoms with Crippen LogP contribution >= 0.6 is 23.4 Å². The Balaban J connectivity index is 2.22. The molecule has 0 radical (unpaired) electrons. The van der Waals surface area contributed by atoms with Gasteiger partial charge in [0.05, 0.1) is 4.92 Å². The van der Waals surface area contributed by atoms with E-state index in [1.807, 2.05) is 18.2 Å². The van der Waals surface area contributed by atoms with Crippen LogP contribution in [0.4, 0.5) is 5.69 Å². The third kappa shape index (κ3) is 4.03. The van der Waals surface area contributed by atoms with Crippen LogP contribution in [0.1, 0.15) is 11.3 Å². The molecule has 0 aliphatic heterocycles. The maximum absolute atomic E-state index is 12.2. The summed E-state index contributed by atoms with van der Waals surface area (Å²) in [6.07, 6.45) is 0. The van der Waals surface area contributed by atoms with Crippen molar-refractivity contribution in [3.8, 4) is 17.2 Å². The molecule has 2 aromatic carbocycles. The molecule has 0 amide bonds. The molecule has 1 aromatic heterocycles. The number of hydrogen-bond donors (Lipinski definition) is 1. The van der Waals surface area contributed by atoms with Crippen molar-refractivity contribution < 1.29 is 4.92 Å². The predicted octanol–water partition coefficient (Wildman–Crippen LogP) is 4.93. The van der Waals surface area contributed by atoms with Gasteiger partial charge >= 0.3 is 0 Å². The van der Waals surface area contributed by atoms with E-state index >= 15 is 0 Å². The quantitative estimate of drug-likeness (QED) is 0.496. The minimum absolute atomic E-state index is 0.0842. The molecule has 0 unspecified atom stereocenters. The number of aromatic nitrogens is 1. The zero-order chi connectivity index (χ0) is 19.6. The van der Waals surface area contributed by atoms with Crippen molar-refractivity contribution in [2.75, 3.05) is 0 Å². The van der Waals surface area contributed by atoms with Crippen LogP contribution < -0.4 is 5.56 Å². The summed E-state index contributed by atoms with van der Waals surface area (Å²) >= 11 is 7.28. The molecule has 3 aromatic rings. The van der Waals surface area contributed by atoms with E-state index in [9.17, 15) is 20.2 Å². The normalized spacial score (nSPS) is 10.4. The Hall–Kier alpha value is -3.08. The molecule has 0 saturated heterocycles. The molecule has 0 aliphatic rings. The molecule has 0 saturated carbocycles. The molecule has 0 spiro atoms. The molecule has 6 nitrogen and oxygen atoms in total. The van der Waals surface area contributed by atoms with Gasteiger partial charge in [-0.1, -0.05) is 23.4 Å². The van der Waals surface area contributed by atoms with Gasteiger partial charge in [0.2, 0.25) is 0 Å². The fourth-order valence-corrected chi connectivity index (χ4v) is 3.64. The Morgan fingerprint density at radius 1 is 1.15 bits per heavy atom. The van der Waals surface area contributed by atoms with Gasteiger partial charge in [-0.25, -0.2) is 0 Å². The van der Waals surface area contributed by atoms with Crippen molar-refractivity contribution in [2.45, 2.75) is 16.7 Å². The summed E-state index contributed by atoms with van der Waals surface area (Å²) in [5, 5.41) is 21.2. The zero-order valence-corrected chi connectivity index (χ0v) is 15.6. The summed E-state index contributed by atoms with van der Waals surface area (Å²) in [5.41, 5.74) is 0.643. The summed E-state index contributed by atoms with van der Waals surface area (Å²) in [7, 11) is 0. The summed E-state index contributed by atoms with van der Waals surface area (Å²) in [5.74, 6) is 0. The van der Waals surface area contributed by atoms with Gasteiger partial charge in [-0.15, -0.1) is 0 Å². The average Bonchev–Trinajstić information content (AvgIpc) is 2.63. The second kappa shape index (κ2) is 7.66. The van der Waals surface area contributed by atoms with Gasteiger partial charge in [0, 0.05) is 43.8 Å². The van der Waals surface area contributed by atoms with Gasteiger partial charge in [0.25, 0.3) is 11.2 Å². The highest BCUT2D eigenvalue weighted by molar-refractivity contribution is 7.99. The minimum Gasteiger partial charge on any atom is -0.325 e. The average molecular weight is 398 g/mol. The number of nitriles is 1. The summed E-state index contributed by atoms with van der Waals surface area (Å²) in [6.45, 7) is 1.69. The van der Waals surface area contributed by atoms with Crippen molar-refractivity contribution in [3.63, 3.8) is 0 Å². The standard InChI is InChI=1S/C19H12ClN3O3S/c1-11-8-15(17(10-21)19(24)22-11)16-9-13(23(25)26)4-7-18(16)27-14-5-2-12(20)3-6-14/h2-9H,1H3,(H,22,24). The smallest absolute Gasteiger partial charge is 0.270 e. The summed E-state index contributed by atoms with van der Waals surface area (Å²) < 4.78 is 0. The van der Waals surface area contributed by atoms with Gasteiger partial charge in [-0.2, -0.15) is 5.26 Å². The highest BCUT2D eigenvalue weighted by atomic mass is 35.5. The van der Waals surface area contributed by atoms with Crippen molar-refractivity contribution in [2.24, 2.45) is 0 Å². The predicted molar refractivity (Wildman–Crippen MR) is 104 cm³/mol. The van der Waals surface area contributed by atoms with E-state index in [1.165, 1.54) is 23.9 Å². The molecular weight excluding hydrogens is 386 g/mol. The van der Waals surface area contributed by atoms with E-state index in [4.69, 9.17) is 11.6 Å². The lowest BCUT2D eigenvalue weighted by molar-refractivity contribution is -0.384. The number of benzene rings is 2. The van der Waals surface area contributed by atoms with E-state index in [1.54, 1.807) is 31.2 Å². The SMILES string of the molecule is Cc1cc(-c2cc([N+](=O)[O-])ccc2Sc2ccc(Cl)cc2)c(C#N)c(=O)[nH]1. The highest BCUT2D eigenvalue weighted by Gasteiger charge is 2.18. The van der Waals surface area contributed by atoms with Crippen molar-refractivity contribution in [1.29, 1.82) is 5.26 Å². The van der Waals surface area contributed by atoms with Crippen molar-refractivity contribution >= 4 is 29.1 Å². The minimum atomic E-state index is -0.526. The molecule has 27 heavy (non-hydrogen) atoms. The zero-order valence-electron chi connectivity index (χ0n) is 14.0. The lowest BCUT2D eigenvalue weighted by atomic mass is 10.0. The number of nitrogens with zero attached hydrogens (tertiary/aromatic N) is 2. The maximum atomic E-state index is 12.2. The number of hydrogen-bond acceptors (Lipinski definition) is 5. The van der Waals surface area contributed by atoms with E-state index in [0.717, 1.165) is 4.90 Å². The molecule has 8 heteroatoms. The fraction of sp³-hybridized carbons (Fsp3) is 0.0526. The molecule has 0 atom stereocenters. The van der Waals surface area contributed by atoms with E-state index in [-0.39, 0.29) is 11.3 Å². The molecule has 0 fully saturated rings. The Morgan fingerprint density at radius 3 is 2.48 bits per heavy atom. The topological polar surface area (TPSA) is 99.8 Å². The number of aryl methyl sites for hydroxylation is 1. The second-order valence-corrected chi connectivity index (χ2v) is 7.23. The number of rotatable bonds is 4. The number of halogens is 1. The lowest BCUT2D eigenvalue weighted by Crippen LogP contribution is -2.13. The molecular formula is C19H12ClN3O3S. The van der Waals surface area contributed by atoms with Gasteiger partial charge in [-0.05, 0) is 43.3 Å². The maximum Gasteiger partial charge on any atom is 0.270 e. The largest absolute Gasteiger partial charge is 0.325 e. The molecule has 0 aliphatic carbocycles. The van der Waals surface area contributed by atoms with Crippen LogP contribution in [0.25, 0.3) is 11.1 Å². The van der Waals surface area contributed by atoms with Crippen LogP contribution in [-0.4, -0.2) is 9.91 Å². The molecule has 1 N–H and O–H groups in total. The number of aromatic amines is 1. The van der Waals surface area contributed by atoms with Crippen LogP contribution in [0.3, 0.4) is 0 Å². The summed E-state index contributed by atoms with van der Waals surface area (Å²) in [6, 6.07) is 15.1. The Bertz CT molecular complexity index is 1130. The first-order valence-corrected chi connectivity index (χ1v) is 8.94. The van der Waals surface area contributed by atoms with Gasteiger partial charge < -0.3 is 4.98 Å². The second-order valence-electron chi connectivity index (χ2n) is 5.68. The van der Waals surface area contributed by atoms with Crippen LogP contribution in [0.2, 0.25) is 5.02 Å². The molecule has 134 valence electrons. The monoisotopic (exact) mass is 397 g/mol. The summed E-state index contributed by atoms with van der Waals surface area (Å²) in [4.78, 5) is 27.0. The van der Waals surface area contributed by atoms with Crippen LogP contribution in [0.5, 0.6) is 0 Å². The molecule has 3 rings (SSSR count). The number of nitrogens with one attached hydrogen (secondary N) is 1. The first-order valence-electron chi connectivity index (χ1n) is 7.75. The fourth-order valence-electron chi connectivity index (χ4n) is 2.57. The van der Waals surface area contributed by atoms with Gasteiger partial charge in [-0.3, -0.25) is 14.9 Å². The molecule has 1 heterocycles. The van der Waals surface area contributed by atoms with E-state index < -0.39 is 10.5 Å². The highest BCUT2D eigenvalue weighted by Crippen LogP contribution is 2.39. The third-order valence-corrected chi connectivity index (χ3v) is 5.12. The Morgan fingerprint density at radius 2 is 1.85 bits per heavy atom. The Labute approximate surface area is 163 Å². The van der Waals surface area contributed by atoms with Crippen molar-refractivity contribution in [1.82, 2.24) is 4.98 Å². The number of H-pyrrole nitrogens is 1. The number of nitro benzene ring substituents is 1. The molecule has 0 bridgehead atoms. The number of nitro groups is 1. The first kappa shape index (κ1) is 18.7. The van der Waals surface area contributed by atoms with E-state index in [2.05, 4.69) is 4.98 Å². The number of pyridine rings is 1. The van der Waals surface area contributed by atoms with Crippen LogP contribution in [0.15, 0.2) is 63.1 Å². The lowest BCUT2D eigenvalue weighted by Gasteiger charge is -2.11. The number of non-ortho nitro benzene ring substituents is 1. The van der Waals surface area contributed by atoms with Crippen molar-refractivity contribution in [3.05, 3.63) is 85.3 Å². The van der Waals surface area contributed by atoms with Gasteiger partial charge in [0.15, 0.2) is 0 Å². The first-order chi connectivity index (χ1) is 12.9. The third-order valence-electron chi connectivity index (χ3n) is 3.79. The van der Waals surface area contributed by atoms with E-state index in [0.29, 0.717) is 26.7 Å². The van der Waals surface area contributed by atoms with Gasteiger partial charge in [0.1, 0.15) is 11.6 Å². The Kier molecular flexibility index (Phi) is 5.31. The van der Waals surface area contributed by atoms with Crippen LogP contribution in [0, 0.1) is 28.4 Å². The van der Waals surface area contributed by atoms with Crippen LogP contribution in [-0.2, 0) is 0 Å².